The van der Waals surface area contributed by atoms with Gasteiger partial charge < -0.3 is 20.4 Å². The molecule has 0 amide bonds. The topological polar surface area (TPSA) is 78.0 Å². The summed E-state index contributed by atoms with van der Waals surface area (Å²) in [5, 5.41) is 4.12. The minimum absolute atomic E-state index is 0.00253. The lowest BCUT2D eigenvalue weighted by molar-refractivity contribution is 0.0259. The van der Waals surface area contributed by atoms with Crippen LogP contribution in [-0.2, 0) is 4.74 Å². The van der Waals surface area contributed by atoms with Crippen molar-refractivity contribution in [2.45, 2.75) is 25.2 Å². The molecule has 0 radical (unpaired) electrons. The molecule has 0 aliphatic carbocycles. The van der Waals surface area contributed by atoms with E-state index in [0.29, 0.717) is 11.7 Å². The molecular formula is C15H18BrN5O. The zero-order valence-corrected chi connectivity index (χ0v) is 13.7. The maximum Gasteiger partial charge on any atom is 0.148 e. The number of anilines is 1. The van der Waals surface area contributed by atoms with Crippen molar-refractivity contribution in [2.75, 3.05) is 18.8 Å². The fraction of sp³-hybridized carbons (Fsp3) is 0.467. The van der Waals surface area contributed by atoms with Crippen molar-refractivity contribution in [3.63, 3.8) is 0 Å². The summed E-state index contributed by atoms with van der Waals surface area (Å²) >= 11 is 3.54. The summed E-state index contributed by atoms with van der Waals surface area (Å²) in [6.07, 6.45) is 10.1. The van der Waals surface area contributed by atoms with Crippen LogP contribution in [0.25, 0.3) is 11.0 Å². The average Bonchev–Trinajstić information content (AvgIpc) is 3.03. The SMILES string of the molecule is Nc1ncnc2c1c(Br)cn2[C@H]1CC[C@H](/C=C/C2CNC2)O1. The summed E-state index contributed by atoms with van der Waals surface area (Å²) in [5.74, 6) is 1.15. The second-order valence-corrected chi connectivity index (χ2v) is 6.71. The highest BCUT2D eigenvalue weighted by atomic mass is 79.9. The summed E-state index contributed by atoms with van der Waals surface area (Å²) in [7, 11) is 0. The molecule has 7 heteroatoms. The van der Waals surface area contributed by atoms with Crippen molar-refractivity contribution in [1.82, 2.24) is 19.9 Å². The van der Waals surface area contributed by atoms with Crippen molar-refractivity contribution >= 4 is 32.8 Å². The Balaban J connectivity index is 1.56. The molecule has 2 atom stereocenters. The third-order valence-corrected chi connectivity index (χ3v) is 4.94. The minimum atomic E-state index is -0.00253. The first-order chi connectivity index (χ1) is 10.7. The van der Waals surface area contributed by atoms with Crippen LogP contribution in [0.4, 0.5) is 5.82 Å². The summed E-state index contributed by atoms with van der Waals surface area (Å²) < 4.78 is 9.12. The van der Waals surface area contributed by atoms with Crippen molar-refractivity contribution in [2.24, 2.45) is 5.92 Å². The second-order valence-electron chi connectivity index (χ2n) is 5.85. The van der Waals surface area contributed by atoms with Crippen molar-refractivity contribution in [3.05, 3.63) is 29.1 Å². The maximum absolute atomic E-state index is 6.16. The molecule has 2 aromatic heterocycles. The number of ether oxygens (including phenoxy) is 1. The molecule has 0 aromatic carbocycles. The van der Waals surface area contributed by atoms with E-state index in [1.165, 1.54) is 6.33 Å². The second kappa shape index (κ2) is 5.64. The van der Waals surface area contributed by atoms with Crippen LogP contribution < -0.4 is 11.1 Å². The van der Waals surface area contributed by atoms with E-state index in [4.69, 9.17) is 10.5 Å². The van der Waals surface area contributed by atoms with Gasteiger partial charge in [-0.15, -0.1) is 0 Å². The first kappa shape index (κ1) is 14.2. The lowest BCUT2D eigenvalue weighted by Crippen LogP contribution is -2.40. The van der Waals surface area contributed by atoms with Gasteiger partial charge >= 0.3 is 0 Å². The number of rotatable bonds is 3. The lowest BCUT2D eigenvalue weighted by Gasteiger charge is -2.24. The molecule has 3 N–H and O–H groups in total. The highest BCUT2D eigenvalue weighted by molar-refractivity contribution is 9.10. The Kier molecular flexibility index (Phi) is 3.63. The van der Waals surface area contributed by atoms with Gasteiger partial charge in [0.1, 0.15) is 24.0 Å². The predicted octanol–water partition coefficient (Wildman–Crippen LogP) is 2.23. The van der Waals surface area contributed by atoms with Crippen LogP contribution in [0.1, 0.15) is 19.1 Å². The standard InChI is InChI=1S/C15H18BrN5O/c16-11-7-21(15-13(11)14(17)19-8-20-15)12-4-3-10(22-12)2-1-9-5-18-6-9/h1-2,7-10,12,18H,3-6H2,(H2,17,19,20)/b2-1+/t10-,12+/m0/s1. The smallest absolute Gasteiger partial charge is 0.148 e. The Bertz CT molecular complexity index is 724. The van der Waals surface area contributed by atoms with Crippen molar-refractivity contribution < 1.29 is 4.74 Å². The molecule has 2 saturated heterocycles. The molecule has 2 aliphatic heterocycles. The Morgan fingerprint density at radius 2 is 2.18 bits per heavy atom. The quantitative estimate of drug-likeness (QED) is 0.817. The van der Waals surface area contributed by atoms with E-state index in [-0.39, 0.29) is 12.3 Å². The van der Waals surface area contributed by atoms with E-state index in [1.807, 2.05) is 6.20 Å². The van der Waals surface area contributed by atoms with E-state index in [0.717, 1.165) is 41.4 Å². The fourth-order valence-electron chi connectivity index (χ4n) is 3.00. The molecule has 0 unspecified atom stereocenters. The van der Waals surface area contributed by atoms with Crippen molar-refractivity contribution in [3.8, 4) is 0 Å². The van der Waals surface area contributed by atoms with E-state index in [1.54, 1.807) is 0 Å². The van der Waals surface area contributed by atoms with Crippen LogP contribution in [0.5, 0.6) is 0 Å². The molecule has 4 heterocycles. The summed E-state index contributed by atoms with van der Waals surface area (Å²) in [4.78, 5) is 8.42. The summed E-state index contributed by atoms with van der Waals surface area (Å²) in [6, 6.07) is 0. The predicted molar refractivity (Wildman–Crippen MR) is 88.3 cm³/mol. The van der Waals surface area contributed by atoms with Gasteiger partial charge in [0.25, 0.3) is 0 Å². The summed E-state index contributed by atoms with van der Waals surface area (Å²) in [5.41, 5.74) is 6.76. The largest absolute Gasteiger partial charge is 0.383 e. The van der Waals surface area contributed by atoms with Gasteiger partial charge in [0.2, 0.25) is 0 Å². The number of aromatic nitrogens is 3. The first-order valence-corrected chi connectivity index (χ1v) is 8.32. The van der Waals surface area contributed by atoms with Crippen LogP contribution in [0.3, 0.4) is 0 Å². The number of hydrogen-bond donors (Lipinski definition) is 2. The zero-order valence-electron chi connectivity index (χ0n) is 12.1. The molecule has 22 heavy (non-hydrogen) atoms. The molecule has 6 nitrogen and oxygen atoms in total. The number of nitrogens with zero attached hydrogens (tertiary/aromatic N) is 3. The normalized spacial score (nSPS) is 26.0. The minimum Gasteiger partial charge on any atom is -0.383 e. The molecule has 0 bridgehead atoms. The molecule has 2 aromatic rings. The number of nitrogens with two attached hydrogens (primary N) is 1. The highest BCUT2D eigenvalue weighted by Crippen LogP contribution is 2.36. The monoisotopic (exact) mass is 363 g/mol. The van der Waals surface area contributed by atoms with Gasteiger partial charge in [-0.05, 0) is 28.8 Å². The molecule has 0 saturated carbocycles. The van der Waals surface area contributed by atoms with Gasteiger partial charge in [-0.25, -0.2) is 9.97 Å². The summed E-state index contributed by atoms with van der Waals surface area (Å²) in [6.45, 7) is 2.16. The first-order valence-electron chi connectivity index (χ1n) is 7.53. The van der Waals surface area contributed by atoms with Crippen LogP contribution in [0, 0.1) is 5.92 Å². The number of nitrogen functional groups attached to an aromatic ring is 1. The van der Waals surface area contributed by atoms with Gasteiger partial charge in [0.15, 0.2) is 0 Å². The third kappa shape index (κ3) is 2.43. The number of hydrogen-bond acceptors (Lipinski definition) is 5. The fourth-order valence-corrected chi connectivity index (χ4v) is 3.60. The Morgan fingerprint density at radius 1 is 1.32 bits per heavy atom. The van der Waals surface area contributed by atoms with E-state index in [9.17, 15) is 0 Å². The van der Waals surface area contributed by atoms with Crippen molar-refractivity contribution in [1.29, 1.82) is 0 Å². The Labute approximate surface area is 136 Å². The molecule has 116 valence electrons. The molecular weight excluding hydrogens is 346 g/mol. The number of halogens is 1. The van der Waals surface area contributed by atoms with Gasteiger partial charge in [0, 0.05) is 29.7 Å². The lowest BCUT2D eigenvalue weighted by atomic mass is 10.0. The van der Waals surface area contributed by atoms with E-state index < -0.39 is 0 Å². The maximum atomic E-state index is 6.16. The van der Waals surface area contributed by atoms with E-state index in [2.05, 4.69) is 47.9 Å². The highest BCUT2D eigenvalue weighted by Gasteiger charge is 2.27. The Morgan fingerprint density at radius 3 is 2.95 bits per heavy atom. The molecule has 4 rings (SSSR count). The van der Waals surface area contributed by atoms with E-state index >= 15 is 0 Å². The zero-order chi connectivity index (χ0) is 15.1. The van der Waals surface area contributed by atoms with Crippen LogP contribution in [0.15, 0.2) is 29.1 Å². The number of fused-ring (bicyclic) bond motifs is 1. The van der Waals surface area contributed by atoms with Crippen LogP contribution in [-0.4, -0.2) is 33.7 Å². The third-order valence-electron chi connectivity index (χ3n) is 4.34. The molecule has 2 fully saturated rings. The molecule has 2 aliphatic rings. The Hall–Kier alpha value is -1.44. The van der Waals surface area contributed by atoms with Gasteiger partial charge in [-0.2, -0.15) is 0 Å². The van der Waals surface area contributed by atoms with Gasteiger partial charge in [-0.1, -0.05) is 12.2 Å². The number of nitrogens with one attached hydrogen (secondary N) is 1. The molecule has 0 spiro atoms. The van der Waals surface area contributed by atoms with Gasteiger partial charge in [0.05, 0.1) is 11.5 Å². The average molecular weight is 364 g/mol. The van der Waals surface area contributed by atoms with Crippen LogP contribution in [0.2, 0.25) is 0 Å². The van der Waals surface area contributed by atoms with Crippen LogP contribution >= 0.6 is 15.9 Å². The van der Waals surface area contributed by atoms with Gasteiger partial charge in [-0.3, -0.25) is 0 Å².